The van der Waals surface area contributed by atoms with Crippen LogP contribution in [0, 0.1) is 3.57 Å². The topological polar surface area (TPSA) is 46.9 Å². The first-order chi connectivity index (χ1) is 13.5. The fraction of sp³-hybridized carbons (Fsp3) is 0.333. The van der Waals surface area contributed by atoms with Crippen molar-refractivity contribution < 1.29 is 26.2 Å². The van der Waals surface area contributed by atoms with Gasteiger partial charge in [-0.15, -0.1) is 0 Å². The molecule has 2 aromatic rings. The van der Waals surface area contributed by atoms with Gasteiger partial charge >= 0.3 is 6.18 Å². The van der Waals surface area contributed by atoms with E-state index in [-0.39, 0.29) is 5.69 Å². The zero-order valence-electron chi connectivity index (χ0n) is 17.6. The molecule has 3 rings (SSSR count). The van der Waals surface area contributed by atoms with Gasteiger partial charge in [-0.2, -0.15) is 18.3 Å². The summed E-state index contributed by atoms with van der Waals surface area (Å²) in [6.45, 7) is 0. The Hall–Kier alpha value is -1.29. The standard InChI is InChI=1S/C15H12ClF3IN3O/c16-11-6-9(15(17,18)19)2-3-12(11)22-13(24)14(4-1-5-14)23-8-10(20)7-21-23/h2-3,6-8H,1,4-5H2,(H,22,24)/i1D2,4D2,5D2. The van der Waals surface area contributed by atoms with Crippen LogP contribution in [-0.2, 0) is 16.5 Å². The summed E-state index contributed by atoms with van der Waals surface area (Å²) < 4.78 is 88.0. The van der Waals surface area contributed by atoms with E-state index in [0.717, 1.165) is 6.07 Å². The van der Waals surface area contributed by atoms with Crippen molar-refractivity contribution in [1.82, 2.24) is 9.78 Å². The average Bonchev–Trinajstić information content (AvgIpc) is 3.01. The van der Waals surface area contributed by atoms with Gasteiger partial charge in [-0.3, -0.25) is 9.48 Å². The van der Waals surface area contributed by atoms with Crippen molar-refractivity contribution in [1.29, 1.82) is 0 Å². The van der Waals surface area contributed by atoms with Gasteiger partial charge < -0.3 is 5.32 Å². The molecule has 0 saturated heterocycles. The summed E-state index contributed by atoms with van der Waals surface area (Å²) in [6.07, 6.45) is -11.5. The molecule has 4 nitrogen and oxygen atoms in total. The van der Waals surface area contributed by atoms with Gasteiger partial charge in [0.05, 0.1) is 26.0 Å². The van der Waals surface area contributed by atoms with Crippen molar-refractivity contribution in [2.24, 2.45) is 0 Å². The van der Waals surface area contributed by atoms with Gasteiger partial charge in [0.2, 0.25) is 0 Å². The van der Waals surface area contributed by atoms with Crippen LogP contribution < -0.4 is 5.32 Å². The van der Waals surface area contributed by atoms with E-state index in [2.05, 4.69) is 10.4 Å². The van der Waals surface area contributed by atoms with Gasteiger partial charge in [0.25, 0.3) is 5.91 Å². The van der Waals surface area contributed by atoms with Gasteiger partial charge in [0.15, 0.2) is 0 Å². The lowest BCUT2D eigenvalue weighted by Gasteiger charge is -2.40. The highest BCUT2D eigenvalue weighted by Gasteiger charge is 2.47. The van der Waals surface area contributed by atoms with Crippen LogP contribution >= 0.6 is 34.2 Å². The van der Waals surface area contributed by atoms with Crippen LogP contribution in [0.25, 0.3) is 0 Å². The maximum atomic E-state index is 13.2. The van der Waals surface area contributed by atoms with E-state index < -0.39 is 47.3 Å². The first kappa shape index (κ1) is 11.3. The van der Waals surface area contributed by atoms with E-state index in [0.29, 0.717) is 20.4 Å². The molecule has 0 atom stereocenters. The number of aromatic nitrogens is 2. The summed E-state index contributed by atoms with van der Waals surface area (Å²) in [5.74, 6) is -1.35. The zero-order chi connectivity index (χ0) is 22.9. The summed E-state index contributed by atoms with van der Waals surface area (Å²) in [4.78, 5) is 13.2. The van der Waals surface area contributed by atoms with Crippen LogP contribution in [0.4, 0.5) is 18.9 Å². The van der Waals surface area contributed by atoms with Gasteiger partial charge in [-0.1, -0.05) is 11.6 Å². The maximum absolute atomic E-state index is 13.2. The number of rotatable bonds is 3. The van der Waals surface area contributed by atoms with Gasteiger partial charge in [-0.25, -0.2) is 0 Å². The molecule has 1 heterocycles. The first-order valence-electron chi connectivity index (χ1n) is 9.40. The molecule has 24 heavy (non-hydrogen) atoms. The minimum atomic E-state index is -4.68. The van der Waals surface area contributed by atoms with Gasteiger partial charge in [0.1, 0.15) is 5.54 Å². The van der Waals surface area contributed by atoms with Crippen LogP contribution in [0.5, 0.6) is 0 Å². The number of anilines is 1. The normalized spacial score (nSPS) is 26.5. The lowest BCUT2D eigenvalue weighted by atomic mass is 9.76. The minimum Gasteiger partial charge on any atom is -0.323 e. The predicted octanol–water partition coefficient (Wildman–Crippen LogP) is 4.68. The van der Waals surface area contributed by atoms with E-state index in [1.54, 1.807) is 22.6 Å². The second kappa shape index (κ2) is 6.21. The van der Waals surface area contributed by atoms with Crippen LogP contribution in [0.3, 0.4) is 0 Å². The molecule has 1 aliphatic rings. The summed E-state index contributed by atoms with van der Waals surface area (Å²) in [6, 6.07) is 2.06. The van der Waals surface area contributed by atoms with E-state index in [1.165, 1.54) is 12.4 Å². The van der Waals surface area contributed by atoms with E-state index in [9.17, 15) is 18.0 Å². The number of alkyl halides is 3. The van der Waals surface area contributed by atoms with Crippen molar-refractivity contribution in [3.8, 4) is 0 Å². The second-order valence-electron chi connectivity index (χ2n) is 4.84. The van der Waals surface area contributed by atoms with E-state index in [4.69, 9.17) is 19.8 Å². The predicted molar refractivity (Wildman–Crippen MR) is 91.9 cm³/mol. The molecule has 0 spiro atoms. The Morgan fingerprint density at radius 1 is 1.46 bits per heavy atom. The summed E-state index contributed by atoms with van der Waals surface area (Å²) in [5.41, 5.74) is -4.19. The second-order valence-corrected chi connectivity index (χ2v) is 6.49. The van der Waals surface area contributed by atoms with E-state index in [1.807, 2.05) is 0 Å². The number of nitrogens with one attached hydrogen (secondary N) is 1. The monoisotopic (exact) mass is 475 g/mol. The lowest BCUT2D eigenvalue weighted by Crippen LogP contribution is -2.51. The molecule has 1 aliphatic carbocycles. The highest BCUT2D eigenvalue weighted by molar-refractivity contribution is 14.1. The maximum Gasteiger partial charge on any atom is 0.416 e. The summed E-state index contributed by atoms with van der Waals surface area (Å²) in [7, 11) is 0. The smallest absolute Gasteiger partial charge is 0.323 e. The molecule has 1 N–H and O–H groups in total. The molecule has 1 fully saturated rings. The van der Waals surface area contributed by atoms with Crippen LogP contribution in [-0.4, -0.2) is 15.7 Å². The zero-order valence-corrected chi connectivity index (χ0v) is 14.5. The number of carbonyl (C=O) groups is 1. The fourth-order valence-electron chi connectivity index (χ4n) is 2.00. The third-order valence-corrected chi connectivity index (χ3v) is 4.12. The van der Waals surface area contributed by atoms with Gasteiger partial charge in [0, 0.05) is 14.4 Å². The summed E-state index contributed by atoms with van der Waals surface area (Å²) >= 11 is 7.63. The highest BCUT2D eigenvalue weighted by atomic mass is 127. The molecule has 0 radical (unpaired) electrons. The number of halogens is 5. The van der Waals surface area contributed by atoms with Crippen molar-refractivity contribution >= 4 is 45.8 Å². The first-order valence-corrected chi connectivity index (χ1v) is 7.86. The fourth-order valence-corrected chi connectivity index (χ4v) is 2.62. The van der Waals surface area contributed by atoms with E-state index >= 15 is 0 Å². The average molecular weight is 476 g/mol. The molecule has 1 aromatic carbocycles. The largest absolute Gasteiger partial charge is 0.416 e. The molecule has 1 saturated carbocycles. The van der Waals surface area contributed by atoms with Crippen LogP contribution in [0.1, 0.15) is 32.9 Å². The molecule has 0 bridgehead atoms. The van der Waals surface area contributed by atoms with Gasteiger partial charge in [-0.05, 0) is 59.9 Å². The number of benzene rings is 1. The number of hydrogen-bond donors (Lipinski definition) is 1. The molecular weight excluding hydrogens is 458 g/mol. The third kappa shape index (κ3) is 3.13. The Labute approximate surface area is 162 Å². The molecule has 0 aliphatic heterocycles. The highest BCUT2D eigenvalue weighted by Crippen LogP contribution is 2.41. The third-order valence-electron chi connectivity index (χ3n) is 3.25. The Balaban J connectivity index is 2.11. The number of carbonyl (C=O) groups excluding carboxylic acids is 1. The Morgan fingerprint density at radius 3 is 2.71 bits per heavy atom. The quantitative estimate of drug-likeness (QED) is 0.656. The number of nitrogens with zero attached hydrogens (tertiary/aromatic N) is 2. The Bertz CT molecular complexity index is 1010. The van der Waals surface area contributed by atoms with Crippen molar-refractivity contribution in [3.05, 3.63) is 44.7 Å². The molecule has 9 heteroatoms. The molecule has 128 valence electrons. The van der Waals surface area contributed by atoms with Crippen LogP contribution in [0.2, 0.25) is 5.02 Å². The Morgan fingerprint density at radius 2 is 2.17 bits per heavy atom. The van der Waals surface area contributed by atoms with Crippen molar-refractivity contribution in [2.75, 3.05) is 5.32 Å². The number of hydrogen-bond acceptors (Lipinski definition) is 2. The molecular formula is C15H12ClF3IN3O. The van der Waals surface area contributed by atoms with Crippen LogP contribution in [0.15, 0.2) is 30.6 Å². The lowest BCUT2D eigenvalue weighted by molar-refractivity contribution is -0.137. The molecule has 1 amide bonds. The molecule has 0 unspecified atom stereocenters. The Kier molecular flexibility index (Phi) is 2.94. The number of amides is 1. The molecule has 1 aromatic heterocycles. The summed E-state index contributed by atoms with van der Waals surface area (Å²) in [5, 5.41) is 5.45. The van der Waals surface area contributed by atoms with Crippen molar-refractivity contribution in [2.45, 2.75) is 30.8 Å². The SMILES string of the molecule is [2H]C1([2H])C([2H])([2H])C(C(=O)Nc2ccc(C(F)(F)F)cc2Cl)(n2cc(I)cn2)C1([2H])[2H]. The van der Waals surface area contributed by atoms with Crippen molar-refractivity contribution in [3.63, 3.8) is 0 Å². The minimum absolute atomic E-state index is 0.324.